The number of phenolic OH excluding ortho intramolecular Hbond substituents is 2. The van der Waals surface area contributed by atoms with Gasteiger partial charge in [0.1, 0.15) is 0 Å². The second kappa shape index (κ2) is 9.44. The van der Waals surface area contributed by atoms with E-state index in [1.807, 2.05) is 0 Å². The van der Waals surface area contributed by atoms with Crippen molar-refractivity contribution < 1.29 is 38.7 Å². The molecular weight excluding hydrogens is 404 g/mol. The van der Waals surface area contributed by atoms with Crippen LogP contribution in [-0.4, -0.2) is 57.6 Å². The highest BCUT2D eigenvalue weighted by Crippen LogP contribution is 2.39. The van der Waals surface area contributed by atoms with E-state index in [-0.39, 0.29) is 53.5 Å². The smallest absolute Gasteiger partial charge is 0.200 e. The molecule has 164 valence electrons. The van der Waals surface area contributed by atoms with Crippen LogP contribution < -0.4 is 18.9 Å². The summed E-state index contributed by atoms with van der Waals surface area (Å²) in [4.78, 5) is 13.0. The van der Waals surface area contributed by atoms with Crippen molar-refractivity contribution in [1.29, 1.82) is 0 Å². The van der Waals surface area contributed by atoms with Gasteiger partial charge in [-0.05, 0) is 47.5 Å². The number of benzene rings is 2. The Morgan fingerprint density at radius 1 is 0.710 bits per heavy atom. The van der Waals surface area contributed by atoms with Gasteiger partial charge in [0.25, 0.3) is 0 Å². The summed E-state index contributed by atoms with van der Waals surface area (Å²) in [5.41, 5.74) is 2.11. The summed E-state index contributed by atoms with van der Waals surface area (Å²) >= 11 is 0. The summed E-state index contributed by atoms with van der Waals surface area (Å²) < 4.78 is 26.3. The standard InChI is InChI=1S/C23H24O8/c1-27-17-7-13(8-18(28-2)22(17)25)5-15-11-31-12-16(21(15)24)6-14-9-19(29-3)23(26)20(10-14)30-4/h5-10,25-26H,11-12H2,1-4H3/b15-5+,16-6+. The first-order chi connectivity index (χ1) is 14.9. The van der Waals surface area contributed by atoms with Crippen LogP contribution in [0.25, 0.3) is 12.2 Å². The Morgan fingerprint density at radius 3 is 1.32 bits per heavy atom. The maximum Gasteiger partial charge on any atom is 0.200 e. The van der Waals surface area contributed by atoms with Crippen LogP contribution in [-0.2, 0) is 9.53 Å². The van der Waals surface area contributed by atoms with Crippen LogP contribution >= 0.6 is 0 Å². The second-order valence-electron chi connectivity index (χ2n) is 6.71. The Hall–Kier alpha value is -3.65. The molecule has 0 aliphatic carbocycles. The molecule has 1 saturated heterocycles. The first-order valence-corrected chi connectivity index (χ1v) is 9.35. The Morgan fingerprint density at radius 2 is 1.03 bits per heavy atom. The van der Waals surface area contributed by atoms with Crippen LogP contribution in [0.2, 0.25) is 0 Å². The molecule has 0 aromatic heterocycles. The molecule has 1 fully saturated rings. The maximum absolute atomic E-state index is 13.0. The minimum atomic E-state index is -0.178. The minimum Gasteiger partial charge on any atom is -0.502 e. The molecule has 0 amide bonds. The Bertz CT molecular complexity index is 920. The van der Waals surface area contributed by atoms with E-state index < -0.39 is 0 Å². The van der Waals surface area contributed by atoms with E-state index in [1.54, 1.807) is 36.4 Å². The molecule has 0 spiro atoms. The molecule has 1 aliphatic heterocycles. The molecule has 3 rings (SSSR count). The Kier molecular flexibility index (Phi) is 6.71. The van der Waals surface area contributed by atoms with Gasteiger partial charge in [-0.3, -0.25) is 4.79 Å². The summed E-state index contributed by atoms with van der Waals surface area (Å²) in [5, 5.41) is 20.1. The van der Waals surface area contributed by atoms with Crippen molar-refractivity contribution in [1.82, 2.24) is 0 Å². The normalized spacial score (nSPS) is 16.5. The fourth-order valence-corrected chi connectivity index (χ4v) is 3.22. The number of aromatic hydroxyl groups is 2. The lowest BCUT2D eigenvalue weighted by Gasteiger charge is -2.18. The van der Waals surface area contributed by atoms with Gasteiger partial charge in [-0.25, -0.2) is 0 Å². The minimum absolute atomic E-state index is 0.116. The third-order valence-electron chi connectivity index (χ3n) is 4.78. The monoisotopic (exact) mass is 428 g/mol. The third-order valence-corrected chi connectivity index (χ3v) is 4.78. The quantitative estimate of drug-likeness (QED) is 0.676. The largest absolute Gasteiger partial charge is 0.502 e. The number of carbonyl (C=O) groups excluding carboxylic acids is 1. The van der Waals surface area contributed by atoms with Gasteiger partial charge in [0.05, 0.1) is 41.7 Å². The van der Waals surface area contributed by atoms with E-state index in [0.717, 1.165) is 0 Å². The van der Waals surface area contributed by atoms with Gasteiger partial charge < -0.3 is 33.9 Å². The van der Waals surface area contributed by atoms with Gasteiger partial charge in [-0.2, -0.15) is 0 Å². The molecule has 0 saturated carbocycles. The van der Waals surface area contributed by atoms with Crippen LogP contribution in [0.3, 0.4) is 0 Å². The Balaban J connectivity index is 1.97. The van der Waals surface area contributed by atoms with Gasteiger partial charge >= 0.3 is 0 Å². The van der Waals surface area contributed by atoms with Crippen LogP contribution in [0.1, 0.15) is 11.1 Å². The topological polar surface area (TPSA) is 104 Å². The highest BCUT2D eigenvalue weighted by Gasteiger charge is 2.22. The second-order valence-corrected chi connectivity index (χ2v) is 6.71. The van der Waals surface area contributed by atoms with Crippen molar-refractivity contribution in [2.24, 2.45) is 0 Å². The predicted molar refractivity (Wildman–Crippen MR) is 114 cm³/mol. The fourth-order valence-electron chi connectivity index (χ4n) is 3.22. The summed E-state index contributed by atoms with van der Waals surface area (Å²) in [6, 6.07) is 6.41. The van der Waals surface area contributed by atoms with E-state index in [2.05, 4.69) is 0 Å². The number of ether oxygens (including phenoxy) is 5. The summed E-state index contributed by atoms with van der Waals surface area (Å²) in [5.74, 6) is 0.513. The van der Waals surface area contributed by atoms with Crippen LogP contribution in [0.5, 0.6) is 34.5 Å². The van der Waals surface area contributed by atoms with Crippen molar-refractivity contribution in [2.45, 2.75) is 0 Å². The number of hydrogen-bond donors (Lipinski definition) is 2. The molecule has 2 N–H and O–H groups in total. The zero-order valence-corrected chi connectivity index (χ0v) is 17.7. The van der Waals surface area contributed by atoms with E-state index in [0.29, 0.717) is 22.3 Å². The summed E-state index contributed by atoms with van der Waals surface area (Å²) in [6.07, 6.45) is 3.33. The molecular formula is C23H24O8. The summed E-state index contributed by atoms with van der Waals surface area (Å²) in [7, 11) is 5.73. The van der Waals surface area contributed by atoms with Crippen molar-refractivity contribution in [2.75, 3.05) is 41.7 Å². The van der Waals surface area contributed by atoms with Crippen LogP contribution in [0, 0.1) is 0 Å². The highest BCUT2D eigenvalue weighted by atomic mass is 16.5. The van der Waals surface area contributed by atoms with Crippen molar-refractivity contribution >= 4 is 17.9 Å². The molecule has 2 aromatic carbocycles. The number of ketones is 1. The van der Waals surface area contributed by atoms with Crippen molar-refractivity contribution in [3.05, 3.63) is 46.5 Å². The molecule has 0 bridgehead atoms. The van der Waals surface area contributed by atoms with Gasteiger partial charge in [-0.15, -0.1) is 0 Å². The lowest BCUT2D eigenvalue weighted by molar-refractivity contribution is -0.114. The van der Waals surface area contributed by atoms with Crippen molar-refractivity contribution in [3.63, 3.8) is 0 Å². The molecule has 1 heterocycles. The van der Waals surface area contributed by atoms with E-state index in [9.17, 15) is 15.0 Å². The average Bonchev–Trinajstić information content (AvgIpc) is 2.78. The first kappa shape index (κ1) is 22.0. The zero-order chi connectivity index (χ0) is 22.5. The molecule has 0 radical (unpaired) electrons. The highest BCUT2D eigenvalue weighted by molar-refractivity contribution is 6.14. The fraction of sp³-hybridized carbons (Fsp3) is 0.261. The van der Waals surface area contributed by atoms with Gasteiger partial charge in [0, 0.05) is 11.1 Å². The molecule has 31 heavy (non-hydrogen) atoms. The van der Waals surface area contributed by atoms with E-state index >= 15 is 0 Å². The first-order valence-electron chi connectivity index (χ1n) is 9.35. The zero-order valence-electron chi connectivity index (χ0n) is 17.7. The van der Waals surface area contributed by atoms with Crippen LogP contribution in [0.4, 0.5) is 0 Å². The molecule has 0 unspecified atom stereocenters. The average molecular weight is 428 g/mol. The number of methoxy groups -OCH3 is 4. The lowest BCUT2D eigenvalue weighted by Crippen LogP contribution is -2.21. The van der Waals surface area contributed by atoms with Gasteiger partial charge in [0.2, 0.25) is 11.5 Å². The maximum atomic E-state index is 13.0. The van der Waals surface area contributed by atoms with Gasteiger partial charge in [-0.1, -0.05) is 0 Å². The summed E-state index contributed by atoms with van der Waals surface area (Å²) in [6.45, 7) is 0.286. The number of Topliss-reactive ketones (excluding diaryl/α,β-unsaturated/α-hetero) is 1. The number of phenols is 2. The van der Waals surface area contributed by atoms with E-state index in [1.165, 1.54) is 28.4 Å². The van der Waals surface area contributed by atoms with Crippen LogP contribution in [0.15, 0.2) is 35.4 Å². The number of carbonyl (C=O) groups is 1. The lowest BCUT2D eigenvalue weighted by atomic mass is 9.97. The van der Waals surface area contributed by atoms with E-state index in [4.69, 9.17) is 23.7 Å². The Labute approximate surface area is 179 Å². The number of hydrogen-bond acceptors (Lipinski definition) is 8. The molecule has 1 aliphatic rings. The number of rotatable bonds is 6. The molecule has 8 heteroatoms. The predicted octanol–water partition coefficient (Wildman–Crippen LogP) is 3.20. The molecule has 8 nitrogen and oxygen atoms in total. The van der Waals surface area contributed by atoms with Crippen molar-refractivity contribution in [3.8, 4) is 34.5 Å². The molecule has 0 atom stereocenters. The van der Waals surface area contributed by atoms with Gasteiger partial charge in [0.15, 0.2) is 28.8 Å². The third kappa shape index (κ3) is 4.59. The molecule has 2 aromatic rings. The SMILES string of the molecule is COc1cc(/C=C2\COC/C(=C\c3cc(OC)c(O)c(OC)c3)C2=O)cc(OC)c1O.